The maximum atomic E-state index is 4.13. The zero-order chi connectivity index (χ0) is 14.2. The first kappa shape index (κ1) is 18.1. The number of nitrogens with zero attached hydrogens (tertiary/aromatic N) is 3. The van der Waals surface area contributed by atoms with Gasteiger partial charge in [0.05, 0.1) is 0 Å². The molecule has 3 heterocycles. The Kier molecular flexibility index (Phi) is 5.90. The Labute approximate surface area is 150 Å². The van der Waals surface area contributed by atoms with Crippen molar-refractivity contribution in [2.45, 2.75) is 6.04 Å². The summed E-state index contributed by atoms with van der Waals surface area (Å²) in [6.45, 7) is 3.52. The monoisotopic (exact) mass is 351 g/mol. The highest BCUT2D eigenvalue weighted by Crippen LogP contribution is 2.44. The highest BCUT2D eigenvalue weighted by Gasteiger charge is 2.46. The second-order valence-corrected chi connectivity index (χ2v) is 6.33. The van der Waals surface area contributed by atoms with Crippen LogP contribution in [0.25, 0.3) is 0 Å². The number of hydrogen-bond acceptors (Lipinski definition) is 3. The van der Waals surface area contributed by atoms with E-state index in [0.29, 0.717) is 6.04 Å². The van der Waals surface area contributed by atoms with Gasteiger partial charge in [-0.1, -0.05) is 30.3 Å². The van der Waals surface area contributed by atoms with Crippen molar-refractivity contribution in [3.05, 3.63) is 60.4 Å². The van der Waals surface area contributed by atoms with Crippen molar-refractivity contribution in [1.29, 1.82) is 0 Å². The average Bonchev–Trinajstić information content (AvgIpc) is 3.05. The molecule has 0 bridgehead atoms. The molecule has 0 aliphatic carbocycles. The van der Waals surface area contributed by atoms with E-state index in [0.717, 1.165) is 18.4 Å². The van der Waals surface area contributed by atoms with Gasteiger partial charge in [0.15, 0.2) is 0 Å². The number of fused-ring (bicyclic) bond motifs is 1. The van der Waals surface area contributed by atoms with Gasteiger partial charge in [-0.3, -0.25) is 9.88 Å². The Bertz CT molecular complexity index is 608. The molecule has 3 atom stereocenters. The summed E-state index contributed by atoms with van der Waals surface area (Å²) in [5.74, 6) is 1.50. The summed E-state index contributed by atoms with van der Waals surface area (Å²) in [4.78, 5) is 9.19. The molecule has 0 N–H and O–H groups in total. The second-order valence-electron chi connectivity index (χ2n) is 6.33. The SMILES string of the molecule is CN1C[C@H]2CN(c3ccncc3)C[C@H]2[C@@H]1c1ccccc1.Cl.Cl. The van der Waals surface area contributed by atoms with Crippen molar-refractivity contribution in [3.8, 4) is 0 Å². The highest BCUT2D eigenvalue weighted by molar-refractivity contribution is 5.85. The first-order valence-corrected chi connectivity index (χ1v) is 7.73. The maximum Gasteiger partial charge on any atom is 0.0397 e. The van der Waals surface area contributed by atoms with E-state index in [-0.39, 0.29) is 24.8 Å². The molecule has 0 radical (unpaired) electrons. The molecule has 2 aliphatic rings. The van der Waals surface area contributed by atoms with Crippen LogP contribution in [0.2, 0.25) is 0 Å². The summed E-state index contributed by atoms with van der Waals surface area (Å²) in [7, 11) is 2.27. The summed E-state index contributed by atoms with van der Waals surface area (Å²) in [6.07, 6.45) is 3.79. The van der Waals surface area contributed by atoms with Crippen LogP contribution in [0.3, 0.4) is 0 Å². The van der Waals surface area contributed by atoms with Crippen LogP contribution in [0, 0.1) is 11.8 Å². The van der Waals surface area contributed by atoms with Gasteiger partial charge in [-0.25, -0.2) is 0 Å². The van der Waals surface area contributed by atoms with Gasteiger partial charge in [-0.05, 0) is 30.7 Å². The van der Waals surface area contributed by atoms with Gasteiger partial charge < -0.3 is 4.90 Å². The summed E-state index contributed by atoms with van der Waals surface area (Å²) >= 11 is 0. The number of benzene rings is 1. The molecule has 2 fully saturated rings. The molecule has 4 rings (SSSR count). The minimum Gasteiger partial charge on any atom is -0.371 e. The molecule has 2 aliphatic heterocycles. The Hall–Kier alpha value is -1.29. The molecule has 5 heteroatoms. The van der Waals surface area contributed by atoms with Crippen LogP contribution in [-0.4, -0.2) is 36.6 Å². The van der Waals surface area contributed by atoms with Crippen molar-refractivity contribution in [2.75, 3.05) is 31.6 Å². The van der Waals surface area contributed by atoms with E-state index in [1.165, 1.54) is 24.3 Å². The topological polar surface area (TPSA) is 19.4 Å². The molecular weight excluding hydrogens is 329 g/mol. The van der Waals surface area contributed by atoms with Crippen LogP contribution in [-0.2, 0) is 0 Å². The quantitative estimate of drug-likeness (QED) is 0.822. The minimum absolute atomic E-state index is 0. The number of halogens is 2. The second kappa shape index (κ2) is 7.52. The fraction of sp³-hybridized carbons (Fsp3) is 0.389. The largest absolute Gasteiger partial charge is 0.371 e. The number of aromatic nitrogens is 1. The van der Waals surface area contributed by atoms with Crippen LogP contribution >= 0.6 is 24.8 Å². The van der Waals surface area contributed by atoms with E-state index >= 15 is 0 Å². The van der Waals surface area contributed by atoms with Crippen molar-refractivity contribution >= 4 is 30.5 Å². The molecule has 3 nitrogen and oxygen atoms in total. The third kappa shape index (κ3) is 3.32. The molecule has 1 aromatic carbocycles. The smallest absolute Gasteiger partial charge is 0.0397 e. The Balaban J connectivity index is 0.000000960. The van der Waals surface area contributed by atoms with Gasteiger partial charge in [-0.15, -0.1) is 24.8 Å². The average molecular weight is 352 g/mol. The van der Waals surface area contributed by atoms with Crippen LogP contribution in [0.5, 0.6) is 0 Å². The molecule has 0 spiro atoms. The Morgan fingerprint density at radius 3 is 2.30 bits per heavy atom. The molecule has 124 valence electrons. The number of rotatable bonds is 2. The standard InChI is InChI=1S/C18H21N3.2ClH/c1-20-11-15-12-21(16-7-9-19-10-8-16)13-17(15)18(20)14-5-3-2-4-6-14;;/h2-10,15,17-18H,11-13H2,1H3;2*1H/t15-,17+,18-;;/m0../s1. The first-order valence-electron chi connectivity index (χ1n) is 7.73. The normalized spacial score (nSPS) is 26.3. The van der Waals surface area contributed by atoms with Crippen LogP contribution in [0.15, 0.2) is 54.9 Å². The van der Waals surface area contributed by atoms with Gasteiger partial charge in [0.1, 0.15) is 0 Å². The van der Waals surface area contributed by atoms with Gasteiger partial charge >= 0.3 is 0 Å². The molecule has 2 saturated heterocycles. The first-order chi connectivity index (χ1) is 10.3. The van der Waals surface area contributed by atoms with E-state index < -0.39 is 0 Å². The number of pyridine rings is 1. The predicted molar refractivity (Wildman–Crippen MR) is 99.7 cm³/mol. The van der Waals surface area contributed by atoms with Crippen molar-refractivity contribution in [2.24, 2.45) is 11.8 Å². The molecule has 2 aromatic rings. The fourth-order valence-electron chi connectivity index (χ4n) is 4.18. The van der Waals surface area contributed by atoms with Crippen molar-refractivity contribution in [1.82, 2.24) is 9.88 Å². The fourth-order valence-corrected chi connectivity index (χ4v) is 4.18. The van der Waals surface area contributed by atoms with Crippen molar-refractivity contribution < 1.29 is 0 Å². The Morgan fingerprint density at radius 1 is 0.913 bits per heavy atom. The van der Waals surface area contributed by atoms with E-state index in [1.54, 1.807) is 0 Å². The number of likely N-dealkylation sites (tertiary alicyclic amines) is 1. The molecule has 23 heavy (non-hydrogen) atoms. The summed E-state index contributed by atoms with van der Waals surface area (Å²) in [5, 5.41) is 0. The summed E-state index contributed by atoms with van der Waals surface area (Å²) in [5.41, 5.74) is 2.78. The Morgan fingerprint density at radius 2 is 1.61 bits per heavy atom. The highest BCUT2D eigenvalue weighted by atomic mass is 35.5. The van der Waals surface area contributed by atoms with Crippen molar-refractivity contribution in [3.63, 3.8) is 0 Å². The van der Waals surface area contributed by atoms with Crippen LogP contribution in [0.1, 0.15) is 11.6 Å². The third-order valence-corrected chi connectivity index (χ3v) is 5.06. The lowest BCUT2D eigenvalue weighted by Crippen LogP contribution is -2.29. The van der Waals surface area contributed by atoms with Gasteiger partial charge in [-0.2, -0.15) is 0 Å². The summed E-state index contributed by atoms with van der Waals surface area (Å²) in [6, 6.07) is 15.8. The van der Waals surface area contributed by atoms with Gasteiger partial charge in [0, 0.05) is 49.7 Å². The zero-order valence-electron chi connectivity index (χ0n) is 13.2. The molecule has 1 aromatic heterocycles. The van der Waals surface area contributed by atoms with Gasteiger partial charge in [0.2, 0.25) is 0 Å². The van der Waals surface area contributed by atoms with Gasteiger partial charge in [0.25, 0.3) is 0 Å². The third-order valence-electron chi connectivity index (χ3n) is 5.06. The molecule has 0 amide bonds. The molecule has 0 unspecified atom stereocenters. The predicted octanol–water partition coefficient (Wildman–Crippen LogP) is 3.66. The lowest BCUT2D eigenvalue weighted by molar-refractivity contribution is 0.280. The number of anilines is 1. The molecular formula is C18H23Cl2N3. The van der Waals surface area contributed by atoms with E-state index in [9.17, 15) is 0 Å². The molecule has 0 saturated carbocycles. The lowest BCUT2D eigenvalue weighted by atomic mass is 9.90. The minimum atomic E-state index is 0. The van der Waals surface area contributed by atoms with E-state index in [2.05, 4.69) is 64.3 Å². The maximum absolute atomic E-state index is 4.13. The van der Waals surface area contributed by atoms with Crippen LogP contribution < -0.4 is 4.90 Å². The number of hydrogen-bond donors (Lipinski definition) is 0. The van der Waals surface area contributed by atoms with E-state index in [1.807, 2.05) is 12.4 Å². The lowest BCUT2D eigenvalue weighted by Gasteiger charge is -2.27. The van der Waals surface area contributed by atoms with E-state index in [4.69, 9.17) is 0 Å². The summed E-state index contributed by atoms with van der Waals surface area (Å²) < 4.78 is 0. The zero-order valence-corrected chi connectivity index (χ0v) is 14.8. The van der Waals surface area contributed by atoms with Crippen LogP contribution in [0.4, 0.5) is 5.69 Å².